The van der Waals surface area contributed by atoms with Crippen molar-refractivity contribution in [3.63, 3.8) is 0 Å². The Balaban J connectivity index is 1.36. The highest BCUT2D eigenvalue weighted by atomic mass is 35.5. The average molecular weight is 715 g/mol. The summed E-state index contributed by atoms with van der Waals surface area (Å²) < 4.78 is 41.2. The molecule has 4 aliphatic rings. The molecule has 6 rings (SSSR count). The number of amides is 1. The first kappa shape index (κ1) is 35.8. The summed E-state index contributed by atoms with van der Waals surface area (Å²) in [6.45, 7) is 6.88. The molecule has 5 atom stereocenters. The zero-order chi connectivity index (χ0) is 34.8. The lowest BCUT2D eigenvalue weighted by Gasteiger charge is -2.48. The molecule has 3 aliphatic heterocycles. The highest BCUT2D eigenvalue weighted by Gasteiger charge is 2.53. The maximum Gasteiger partial charge on any atom is 0.264 e. The van der Waals surface area contributed by atoms with Gasteiger partial charge in [-0.3, -0.25) is 4.79 Å². The van der Waals surface area contributed by atoms with E-state index in [-0.39, 0.29) is 11.8 Å². The fraction of sp³-hybridized carbons (Fsp3) is 0.622. The molecule has 2 bridgehead atoms. The number of amidine groups is 1. The molecule has 2 aromatic carbocycles. The van der Waals surface area contributed by atoms with Gasteiger partial charge in [-0.1, -0.05) is 29.7 Å². The van der Waals surface area contributed by atoms with E-state index in [0.29, 0.717) is 41.9 Å². The molecule has 3 heterocycles. The van der Waals surface area contributed by atoms with Gasteiger partial charge in [-0.25, -0.2) is 13.1 Å². The monoisotopic (exact) mass is 714 g/mol. The lowest BCUT2D eigenvalue weighted by molar-refractivity contribution is -0.118. The number of rotatable bonds is 3. The second kappa shape index (κ2) is 15.1. The van der Waals surface area contributed by atoms with Gasteiger partial charge in [0.15, 0.2) is 0 Å². The fourth-order valence-electron chi connectivity index (χ4n) is 7.94. The van der Waals surface area contributed by atoms with Crippen LogP contribution in [0.25, 0.3) is 0 Å². The third-order valence-corrected chi connectivity index (χ3v) is 13.6. The summed E-state index contributed by atoms with van der Waals surface area (Å²) in [6, 6.07) is 11.2. The van der Waals surface area contributed by atoms with Crippen molar-refractivity contribution in [2.24, 2.45) is 22.9 Å². The number of nitrogens with zero attached hydrogens (tertiary/aromatic N) is 3. The van der Waals surface area contributed by atoms with Gasteiger partial charge in [-0.05, 0) is 112 Å². The van der Waals surface area contributed by atoms with Crippen LogP contribution in [-0.2, 0) is 32.6 Å². The second-order valence-electron chi connectivity index (χ2n) is 14.5. The van der Waals surface area contributed by atoms with Crippen molar-refractivity contribution in [1.29, 1.82) is 0 Å². The zero-order valence-corrected chi connectivity index (χ0v) is 30.8. The molecule has 1 spiro atoms. The number of ether oxygens (including phenoxy) is 2. The van der Waals surface area contributed by atoms with Gasteiger partial charge >= 0.3 is 0 Å². The molecular formula is C37H51ClN4O6S. The molecule has 2 aromatic rings. The van der Waals surface area contributed by atoms with E-state index in [2.05, 4.69) is 19.7 Å². The van der Waals surface area contributed by atoms with E-state index in [0.717, 1.165) is 88.1 Å². The van der Waals surface area contributed by atoms with Gasteiger partial charge in [-0.15, -0.1) is 0 Å². The number of oxime groups is 1. The number of aryl methyl sites for hydroxylation is 1. The highest BCUT2D eigenvalue weighted by Crippen LogP contribution is 2.51. The molecule has 1 amide bonds. The molecule has 0 unspecified atom stereocenters. The summed E-state index contributed by atoms with van der Waals surface area (Å²) in [6.07, 6.45) is 7.92. The van der Waals surface area contributed by atoms with Crippen LogP contribution in [-0.4, -0.2) is 76.3 Å². The van der Waals surface area contributed by atoms with E-state index in [4.69, 9.17) is 25.9 Å². The Morgan fingerprint density at radius 3 is 2.71 bits per heavy atom. The van der Waals surface area contributed by atoms with Crippen molar-refractivity contribution in [1.82, 2.24) is 9.62 Å². The van der Waals surface area contributed by atoms with Gasteiger partial charge in [0.25, 0.3) is 5.91 Å². The zero-order valence-electron chi connectivity index (χ0n) is 29.3. The molecule has 0 aromatic heterocycles. The van der Waals surface area contributed by atoms with Crippen molar-refractivity contribution in [3.8, 4) is 5.75 Å². The van der Waals surface area contributed by atoms with Crippen LogP contribution in [0.1, 0.15) is 86.7 Å². The number of hydrogen-bond acceptors (Lipinski definition) is 9. The Hall–Kier alpha value is -3.02. The van der Waals surface area contributed by atoms with Gasteiger partial charge < -0.3 is 24.1 Å². The van der Waals surface area contributed by atoms with Crippen LogP contribution >= 0.6 is 11.6 Å². The van der Waals surface area contributed by atoms with Crippen LogP contribution in [0.2, 0.25) is 5.02 Å². The predicted octanol–water partition coefficient (Wildman–Crippen LogP) is 6.41. The largest absolute Gasteiger partial charge is 0.487 e. The van der Waals surface area contributed by atoms with E-state index in [9.17, 15) is 13.2 Å². The highest BCUT2D eigenvalue weighted by molar-refractivity contribution is 7.90. The van der Waals surface area contributed by atoms with Crippen molar-refractivity contribution in [3.05, 3.63) is 58.1 Å². The Bertz CT molecular complexity index is 1650. The molecule has 268 valence electrons. The minimum Gasteiger partial charge on any atom is -0.487 e. The van der Waals surface area contributed by atoms with Gasteiger partial charge in [0.2, 0.25) is 10.0 Å². The number of benzene rings is 2. The van der Waals surface area contributed by atoms with Crippen LogP contribution in [0.4, 0.5) is 5.69 Å². The minimum absolute atomic E-state index is 0.160. The first-order chi connectivity index (χ1) is 23.5. The topological polar surface area (TPSA) is 110 Å². The Kier molecular flexibility index (Phi) is 11.0. The number of anilines is 1. The van der Waals surface area contributed by atoms with Crippen LogP contribution in [0.15, 0.2) is 41.6 Å². The number of sulfonamides is 1. The number of fused-ring (bicyclic) bond motifs is 4. The average Bonchev–Trinajstić information content (AvgIpc) is 3.47. The van der Waals surface area contributed by atoms with E-state index in [1.807, 2.05) is 44.3 Å². The van der Waals surface area contributed by atoms with Crippen molar-refractivity contribution < 1.29 is 27.5 Å². The number of carbonyl (C=O) groups excluding carboxylic acids is 1. The van der Waals surface area contributed by atoms with Crippen LogP contribution in [0, 0.1) is 17.8 Å². The third-order valence-electron chi connectivity index (χ3n) is 11.4. The quantitative estimate of drug-likeness (QED) is 0.389. The lowest BCUT2D eigenvalue weighted by atomic mass is 9.62. The first-order valence-electron chi connectivity index (χ1n) is 17.8. The second-order valence-corrected chi connectivity index (χ2v) is 17.0. The summed E-state index contributed by atoms with van der Waals surface area (Å²) in [5, 5.41) is 4.62. The molecule has 12 heteroatoms. The number of likely N-dealkylation sites (N-methyl/N-ethyl adjacent to an activating group) is 1. The van der Waals surface area contributed by atoms with Gasteiger partial charge in [0, 0.05) is 50.3 Å². The number of hydrogen-bond donors (Lipinski definition) is 1. The van der Waals surface area contributed by atoms with E-state index < -0.39 is 26.8 Å². The van der Waals surface area contributed by atoms with Crippen LogP contribution in [0.5, 0.6) is 5.75 Å². The van der Waals surface area contributed by atoms with E-state index in [1.54, 1.807) is 20.1 Å². The smallest absolute Gasteiger partial charge is 0.264 e. The summed E-state index contributed by atoms with van der Waals surface area (Å²) in [4.78, 5) is 24.5. The Labute approximate surface area is 296 Å². The predicted molar refractivity (Wildman–Crippen MR) is 193 cm³/mol. The maximum atomic E-state index is 13.5. The molecule has 1 N–H and O–H groups in total. The van der Waals surface area contributed by atoms with Gasteiger partial charge in [0.1, 0.15) is 23.8 Å². The number of methoxy groups -OCH3 is 1. The summed E-state index contributed by atoms with van der Waals surface area (Å²) in [5.74, 6) is 1.46. The van der Waals surface area contributed by atoms with Crippen molar-refractivity contribution in [2.45, 2.75) is 89.1 Å². The summed E-state index contributed by atoms with van der Waals surface area (Å²) in [7, 11) is -0.192. The molecule has 1 aliphatic carbocycles. The maximum absolute atomic E-state index is 13.5. The Morgan fingerprint density at radius 2 is 1.94 bits per heavy atom. The van der Waals surface area contributed by atoms with E-state index >= 15 is 0 Å². The number of nitrogens with one attached hydrogen (secondary N) is 1. The summed E-state index contributed by atoms with van der Waals surface area (Å²) >= 11 is 6.38. The molecule has 1 saturated carbocycles. The molecule has 0 saturated heterocycles. The molecular weight excluding hydrogens is 664 g/mol. The third kappa shape index (κ3) is 7.84. The first-order valence-corrected chi connectivity index (χ1v) is 19.7. The molecule has 1 fully saturated rings. The number of carbonyl (C=O) groups is 1. The summed E-state index contributed by atoms with van der Waals surface area (Å²) in [5.41, 5.74) is 2.91. The standard InChI is InChI=1S/C37H51ClN4O6S/c1-25-8-7-16-37(22-35(39-48-37)41(3)18-19-46-4)32-14-11-29(32)23-42-17-6-5-9-27-20-31(38)13-10-30(27)24-47-34-15-12-28(21-33(34)42)36(43)40-49(44,45)26(25)2/h10,12-13,15,20-21,25-26,29,32H,5-9,11,14,16-19,22-24H2,1-4H3,(H,40,43)/t25-,26+,29-,32+,37-/m0/s1. The van der Waals surface area contributed by atoms with Crippen molar-refractivity contribution in [2.75, 3.05) is 45.3 Å². The number of halogens is 1. The van der Waals surface area contributed by atoms with E-state index in [1.165, 1.54) is 5.56 Å². The molecule has 0 radical (unpaired) electrons. The van der Waals surface area contributed by atoms with Gasteiger partial charge in [0.05, 0.1) is 24.0 Å². The molecule has 49 heavy (non-hydrogen) atoms. The normalized spacial score (nSPS) is 28.8. The SMILES string of the molecule is COCCN(C)C1=NO[C@@]2(CCC[C@H](C)[C@@H](C)S(=O)(=O)NC(=O)c3ccc4c(c3)N(CCCCc3cc(Cl)ccc3CO4)C[C@@H]3CC[C@H]32)C1. The van der Waals surface area contributed by atoms with Crippen LogP contribution < -0.4 is 14.4 Å². The van der Waals surface area contributed by atoms with Crippen LogP contribution in [0.3, 0.4) is 0 Å². The minimum atomic E-state index is -3.93. The lowest BCUT2D eigenvalue weighted by Crippen LogP contribution is -2.52. The van der Waals surface area contributed by atoms with Crippen molar-refractivity contribution >= 4 is 39.1 Å². The molecule has 10 nitrogen and oxygen atoms in total. The Morgan fingerprint density at radius 1 is 1.10 bits per heavy atom. The fourth-order valence-corrected chi connectivity index (χ4v) is 9.45. The van der Waals surface area contributed by atoms with Gasteiger partial charge in [-0.2, -0.15) is 0 Å².